The highest BCUT2D eigenvalue weighted by atomic mass is 16.4. The molecule has 0 saturated carbocycles. The number of aromatic nitrogens is 1. The molecule has 6 nitrogen and oxygen atoms in total. The van der Waals surface area contributed by atoms with E-state index in [1.54, 1.807) is 6.26 Å². The molecule has 0 aliphatic carbocycles. The number of amides is 1. The van der Waals surface area contributed by atoms with Crippen molar-refractivity contribution in [3.63, 3.8) is 0 Å². The summed E-state index contributed by atoms with van der Waals surface area (Å²) in [4.78, 5) is 28.9. The van der Waals surface area contributed by atoms with Gasteiger partial charge in [0, 0.05) is 39.5 Å². The summed E-state index contributed by atoms with van der Waals surface area (Å²) >= 11 is 0. The van der Waals surface area contributed by atoms with Gasteiger partial charge in [0.05, 0.1) is 18.2 Å². The summed E-state index contributed by atoms with van der Waals surface area (Å²) in [6, 6.07) is 10.00. The summed E-state index contributed by atoms with van der Waals surface area (Å²) in [5.74, 6) is -0.200. The van der Waals surface area contributed by atoms with Gasteiger partial charge in [-0.15, -0.1) is 0 Å². The van der Waals surface area contributed by atoms with Crippen molar-refractivity contribution in [3.05, 3.63) is 81.0 Å². The molecule has 0 saturated heterocycles. The van der Waals surface area contributed by atoms with E-state index in [0.29, 0.717) is 17.6 Å². The molecule has 168 valence electrons. The summed E-state index contributed by atoms with van der Waals surface area (Å²) in [6.07, 6.45) is 4.35. The summed E-state index contributed by atoms with van der Waals surface area (Å²) < 4.78 is 11.3. The first-order valence-corrected chi connectivity index (χ1v) is 11.1. The molecular weight excluding hydrogens is 416 g/mol. The van der Waals surface area contributed by atoms with E-state index in [4.69, 9.17) is 8.83 Å². The SMILES string of the molecule is Cc1coc2c(C)c3oc(=O)c(CC(=O)NC(C)Cc4c[nH]c5ccccc45)c(C)c3cc12. The highest BCUT2D eigenvalue weighted by Crippen LogP contribution is 2.32. The second-order valence-electron chi connectivity index (χ2n) is 8.88. The minimum absolute atomic E-state index is 0.0240. The summed E-state index contributed by atoms with van der Waals surface area (Å²) in [7, 11) is 0. The van der Waals surface area contributed by atoms with Gasteiger partial charge in [-0.3, -0.25) is 4.79 Å². The molecule has 0 bridgehead atoms. The van der Waals surface area contributed by atoms with Gasteiger partial charge in [-0.25, -0.2) is 4.79 Å². The van der Waals surface area contributed by atoms with E-state index in [0.717, 1.165) is 49.5 Å². The Morgan fingerprint density at radius 2 is 1.85 bits per heavy atom. The van der Waals surface area contributed by atoms with Crippen molar-refractivity contribution in [1.29, 1.82) is 0 Å². The van der Waals surface area contributed by atoms with Gasteiger partial charge in [0.15, 0.2) is 0 Å². The Morgan fingerprint density at radius 3 is 2.67 bits per heavy atom. The molecule has 2 aromatic carbocycles. The Kier molecular flexibility index (Phi) is 5.08. The van der Waals surface area contributed by atoms with Crippen LogP contribution in [0.15, 0.2) is 56.4 Å². The van der Waals surface area contributed by atoms with Crippen LogP contribution in [-0.2, 0) is 17.6 Å². The quantitative estimate of drug-likeness (QED) is 0.365. The molecule has 1 unspecified atom stereocenters. The largest absolute Gasteiger partial charge is 0.464 e. The predicted octanol–water partition coefficient (Wildman–Crippen LogP) is 5.24. The van der Waals surface area contributed by atoms with Gasteiger partial charge in [-0.2, -0.15) is 0 Å². The zero-order valence-corrected chi connectivity index (χ0v) is 19.2. The van der Waals surface area contributed by atoms with Gasteiger partial charge in [-0.1, -0.05) is 18.2 Å². The lowest BCUT2D eigenvalue weighted by Crippen LogP contribution is -2.36. The molecule has 0 aliphatic rings. The van der Waals surface area contributed by atoms with Gasteiger partial charge >= 0.3 is 5.63 Å². The number of rotatable bonds is 5. The highest BCUT2D eigenvalue weighted by molar-refractivity contribution is 6.00. The minimum atomic E-state index is -0.481. The average molecular weight is 443 g/mol. The fourth-order valence-corrected chi connectivity index (χ4v) is 4.69. The third-order valence-corrected chi connectivity index (χ3v) is 6.48. The molecule has 0 fully saturated rings. The zero-order chi connectivity index (χ0) is 23.3. The number of para-hydroxylation sites is 1. The number of benzene rings is 2. The summed E-state index contributed by atoms with van der Waals surface area (Å²) in [6.45, 7) is 7.71. The fourth-order valence-electron chi connectivity index (χ4n) is 4.69. The maximum absolute atomic E-state index is 12.8. The summed E-state index contributed by atoms with van der Waals surface area (Å²) in [5.41, 5.74) is 5.94. The average Bonchev–Trinajstić information content (AvgIpc) is 3.36. The van der Waals surface area contributed by atoms with Gasteiger partial charge in [-0.05, 0) is 62.9 Å². The number of hydrogen-bond acceptors (Lipinski definition) is 4. The van der Waals surface area contributed by atoms with Crippen LogP contribution in [0.5, 0.6) is 0 Å². The van der Waals surface area contributed by atoms with Crippen molar-refractivity contribution >= 4 is 38.7 Å². The molecule has 5 rings (SSSR count). The molecule has 3 heterocycles. The topological polar surface area (TPSA) is 88.2 Å². The maximum Gasteiger partial charge on any atom is 0.340 e. The number of hydrogen-bond donors (Lipinski definition) is 2. The van der Waals surface area contributed by atoms with E-state index in [-0.39, 0.29) is 18.4 Å². The molecular formula is C27H26N2O4. The number of H-pyrrole nitrogens is 1. The van der Waals surface area contributed by atoms with Crippen molar-refractivity contribution in [2.45, 2.75) is 46.6 Å². The minimum Gasteiger partial charge on any atom is -0.464 e. The molecule has 1 amide bonds. The second kappa shape index (κ2) is 7.96. The number of furan rings is 1. The van der Waals surface area contributed by atoms with Crippen LogP contribution in [0.2, 0.25) is 0 Å². The van der Waals surface area contributed by atoms with Crippen molar-refractivity contribution in [2.75, 3.05) is 0 Å². The van der Waals surface area contributed by atoms with Crippen LogP contribution in [0.25, 0.3) is 32.8 Å². The van der Waals surface area contributed by atoms with Crippen molar-refractivity contribution in [3.8, 4) is 0 Å². The van der Waals surface area contributed by atoms with E-state index < -0.39 is 5.63 Å². The van der Waals surface area contributed by atoms with E-state index in [1.165, 1.54) is 0 Å². The third-order valence-electron chi connectivity index (χ3n) is 6.48. The van der Waals surface area contributed by atoms with E-state index in [1.807, 2.05) is 58.2 Å². The van der Waals surface area contributed by atoms with Crippen LogP contribution in [0, 0.1) is 20.8 Å². The van der Waals surface area contributed by atoms with Crippen LogP contribution in [-0.4, -0.2) is 16.9 Å². The lowest BCUT2D eigenvalue weighted by atomic mass is 9.99. The number of carbonyl (C=O) groups is 1. The molecule has 6 heteroatoms. The molecule has 0 aliphatic heterocycles. The molecule has 5 aromatic rings. The first kappa shape index (κ1) is 21.1. The Hall–Kier alpha value is -3.80. The fraction of sp³-hybridized carbons (Fsp3) is 0.259. The van der Waals surface area contributed by atoms with E-state index in [9.17, 15) is 9.59 Å². The van der Waals surface area contributed by atoms with Gasteiger partial charge in [0.2, 0.25) is 5.91 Å². The first-order chi connectivity index (χ1) is 15.8. The van der Waals surface area contributed by atoms with Crippen molar-refractivity contribution in [2.24, 2.45) is 0 Å². The number of aryl methyl sites for hydroxylation is 3. The van der Waals surface area contributed by atoms with Crippen LogP contribution in [0.1, 0.15) is 34.7 Å². The van der Waals surface area contributed by atoms with Crippen molar-refractivity contribution < 1.29 is 13.6 Å². The number of fused-ring (bicyclic) bond motifs is 3. The zero-order valence-electron chi connectivity index (χ0n) is 19.2. The normalized spacial score (nSPS) is 12.6. The van der Waals surface area contributed by atoms with Gasteiger partial charge in [0.25, 0.3) is 0 Å². The Bertz CT molecular complexity index is 1590. The maximum atomic E-state index is 12.8. The lowest BCUT2D eigenvalue weighted by Gasteiger charge is -2.15. The molecule has 33 heavy (non-hydrogen) atoms. The third kappa shape index (κ3) is 3.61. The Labute approximate surface area is 190 Å². The van der Waals surface area contributed by atoms with Crippen LogP contribution >= 0.6 is 0 Å². The molecule has 0 spiro atoms. The highest BCUT2D eigenvalue weighted by Gasteiger charge is 2.20. The number of nitrogens with one attached hydrogen (secondary N) is 2. The molecule has 0 radical (unpaired) electrons. The Morgan fingerprint density at radius 1 is 1.06 bits per heavy atom. The monoisotopic (exact) mass is 442 g/mol. The van der Waals surface area contributed by atoms with Crippen LogP contribution in [0.4, 0.5) is 0 Å². The first-order valence-electron chi connectivity index (χ1n) is 11.1. The molecule has 1 atom stereocenters. The van der Waals surface area contributed by atoms with Crippen molar-refractivity contribution in [1.82, 2.24) is 10.3 Å². The molecule has 3 aromatic heterocycles. The van der Waals surface area contributed by atoms with Crippen LogP contribution < -0.4 is 10.9 Å². The van der Waals surface area contributed by atoms with Gasteiger partial charge < -0.3 is 19.1 Å². The summed E-state index contributed by atoms with van der Waals surface area (Å²) in [5, 5.41) is 6.00. The second-order valence-corrected chi connectivity index (χ2v) is 8.88. The smallest absolute Gasteiger partial charge is 0.340 e. The van der Waals surface area contributed by atoms with Crippen LogP contribution in [0.3, 0.4) is 0 Å². The van der Waals surface area contributed by atoms with E-state index >= 15 is 0 Å². The van der Waals surface area contributed by atoms with E-state index in [2.05, 4.69) is 16.4 Å². The number of carbonyl (C=O) groups excluding carboxylic acids is 1. The molecule has 2 N–H and O–H groups in total. The number of aromatic amines is 1. The Balaban J connectivity index is 1.40. The lowest BCUT2D eigenvalue weighted by molar-refractivity contribution is -0.121. The van der Waals surface area contributed by atoms with Gasteiger partial charge in [0.1, 0.15) is 11.2 Å². The standard InChI is InChI=1S/C27H26N2O4/c1-14-13-32-25-17(4)26-21(10-20(14)25)16(3)22(27(31)33-26)11-24(30)29-15(2)9-18-12-28-23-8-6-5-7-19(18)23/h5-8,10,12-13,15,28H,9,11H2,1-4H3,(H,29,30). The predicted molar refractivity (Wildman–Crippen MR) is 130 cm³/mol.